The Bertz CT molecular complexity index is 747. The highest BCUT2D eigenvalue weighted by atomic mass is 16.1. The minimum absolute atomic E-state index is 0.0370. The van der Waals surface area contributed by atoms with Crippen LogP contribution in [0.1, 0.15) is 40.5 Å². The van der Waals surface area contributed by atoms with Gasteiger partial charge in [-0.05, 0) is 24.0 Å². The van der Waals surface area contributed by atoms with Gasteiger partial charge in [0.25, 0.3) is 5.56 Å². The Hall–Kier alpha value is -1.84. The van der Waals surface area contributed by atoms with Crippen LogP contribution in [0.5, 0.6) is 0 Å². The predicted octanol–water partition coefficient (Wildman–Crippen LogP) is 3.13. The summed E-state index contributed by atoms with van der Waals surface area (Å²) in [7, 11) is 0. The molecule has 0 radical (unpaired) electrons. The van der Waals surface area contributed by atoms with Crippen LogP contribution in [0.2, 0.25) is 0 Å². The molecule has 1 aromatic carbocycles. The van der Waals surface area contributed by atoms with Crippen LogP contribution in [-0.2, 0) is 13.1 Å². The third kappa shape index (κ3) is 3.26. The van der Waals surface area contributed by atoms with Crippen molar-refractivity contribution in [2.45, 2.75) is 53.6 Å². The zero-order valence-electron chi connectivity index (χ0n) is 13.4. The first-order valence-corrected chi connectivity index (χ1v) is 7.62. The van der Waals surface area contributed by atoms with Gasteiger partial charge in [0.05, 0.1) is 10.9 Å². The van der Waals surface area contributed by atoms with E-state index < -0.39 is 0 Å². The molecule has 4 nitrogen and oxygen atoms in total. The molecule has 1 heterocycles. The fourth-order valence-corrected chi connectivity index (χ4v) is 2.55. The molecule has 2 rings (SSSR count). The van der Waals surface area contributed by atoms with Gasteiger partial charge < -0.3 is 4.57 Å². The van der Waals surface area contributed by atoms with Gasteiger partial charge in [0.15, 0.2) is 0 Å². The van der Waals surface area contributed by atoms with Gasteiger partial charge in [0.1, 0.15) is 0 Å². The Kier molecular flexibility index (Phi) is 4.35. The summed E-state index contributed by atoms with van der Waals surface area (Å²) < 4.78 is 3.57. The number of aromatic nitrogens is 2. The molecule has 0 atom stereocenters. The average molecular weight is 287 g/mol. The lowest BCUT2D eigenvalue weighted by Gasteiger charge is -2.22. The monoisotopic (exact) mass is 287 g/mol. The van der Waals surface area contributed by atoms with E-state index in [4.69, 9.17) is 5.41 Å². The quantitative estimate of drug-likeness (QED) is 0.923. The lowest BCUT2D eigenvalue weighted by Crippen LogP contribution is -2.42. The molecular formula is C17H25N3O. The Balaban J connectivity index is 2.75. The molecule has 1 N–H and O–H groups in total. The van der Waals surface area contributed by atoms with E-state index in [1.807, 2.05) is 28.8 Å². The number of fused-ring (bicyclic) bond motifs is 1. The Labute approximate surface area is 125 Å². The van der Waals surface area contributed by atoms with Crippen molar-refractivity contribution < 1.29 is 0 Å². The number of unbranched alkanes of at least 4 members (excludes halogenated alkanes) is 1. The van der Waals surface area contributed by atoms with Crippen LogP contribution in [-0.4, -0.2) is 9.13 Å². The van der Waals surface area contributed by atoms with Gasteiger partial charge in [-0.15, -0.1) is 0 Å². The smallest absolute Gasteiger partial charge is 0.262 e. The molecule has 2 aromatic rings. The topological polar surface area (TPSA) is 50.8 Å². The van der Waals surface area contributed by atoms with Crippen molar-refractivity contribution in [1.82, 2.24) is 9.13 Å². The molecule has 21 heavy (non-hydrogen) atoms. The predicted molar refractivity (Wildman–Crippen MR) is 86.4 cm³/mol. The zero-order valence-corrected chi connectivity index (χ0v) is 13.4. The van der Waals surface area contributed by atoms with Crippen molar-refractivity contribution in [3.63, 3.8) is 0 Å². The second kappa shape index (κ2) is 5.88. The third-order valence-corrected chi connectivity index (χ3v) is 3.55. The van der Waals surface area contributed by atoms with Gasteiger partial charge in [-0.25, -0.2) is 0 Å². The van der Waals surface area contributed by atoms with Gasteiger partial charge in [-0.3, -0.25) is 14.8 Å². The second-order valence-corrected chi connectivity index (χ2v) is 6.80. The summed E-state index contributed by atoms with van der Waals surface area (Å²) in [5.41, 5.74) is 1.08. The Morgan fingerprint density at radius 2 is 1.81 bits per heavy atom. The highest BCUT2D eigenvalue weighted by Gasteiger charge is 2.16. The average Bonchev–Trinajstić information content (AvgIpc) is 2.42. The van der Waals surface area contributed by atoms with Crippen LogP contribution in [0.4, 0.5) is 0 Å². The summed E-state index contributed by atoms with van der Waals surface area (Å²) in [6, 6.07) is 7.61. The number of hydrogen-bond donors (Lipinski definition) is 1. The second-order valence-electron chi connectivity index (χ2n) is 6.80. The van der Waals surface area contributed by atoms with E-state index in [1.54, 1.807) is 4.57 Å². The first-order valence-electron chi connectivity index (χ1n) is 7.62. The fraction of sp³-hybridized carbons (Fsp3) is 0.529. The molecule has 114 valence electrons. The lowest BCUT2D eigenvalue weighted by molar-refractivity contribution is 0.322. The molecule has 0 amide bonds. The summed E-state index contributed by atoms with van der Waals surface area (Å²) in [5, 5.41) is 9.16. The maximum absolute atomic E-state index is 12.7. The molecular weight excluding hydrogens is 262 g/mol. The van der Waals surface area contributed by atoms with Gasteiger partial charge in [0, 0.05) is 13.1 Å². The molecule has 0 aliphatic rings. The van der Waals surface area contributed by atoms with E-state index >= 15 is 0 Å². The highest BCUT2D eigenvalue weighted by Crippen LogP contribution is 2.15. The number of nitrogens with one attached hydrogen (secondary N) is 1. The SMILES string of the molecule is CCCCn1c(=N)n(CC(C)(C)C)c(=O)c2ccccc21. The van der Waals surface area contributed by atoms with E-state index in [0.29, 0.717) is 17.5 Å². The third-order valence-electron chi connectivity index (χ3n) is 3.55. The van der Waals surface area contributed by atoms with Gasteiger partial charge in [-0.1, -0.05) is 46.2 Å². The minimum Gasteiger partial charge on any atom is -0.312 e. The molecule has 0 unspecified atom stereocenters. The van der Waals surface area contributed by atoms with E-state index in [0.717, 1.165) is 24.9 Å². The maximum atomic E-state index is 12.7. The van der Waals surface area contributed by atoms with Crippen molar-refractivity contribution in [2.24, 2.45) is 5.41 Å². The maximum Gasteiger partial charge on any atom is 0.262 e. The molecule has 0 fully saturated rings. The van der Waals surface area contributed by atoms with E-state index in [9.17, 15) is 4.79 Å². The number of benzene rings is 1. The largest absolute Gasteiger partial charge is 0.312 e. The van der Waals surface area contributed by atoms with Gasteiger partial charge in [0.2, 0.25) is 5.62 Å². The summed E-state index contributed by atoms with van der Waals surface area (Å²) in [4.78, 5) is 12.7. The molecule has 0 bridgehead atoms. The summed E-state index contributed by atoms with van der Waals surface area (Å²) in [5.74, 6) is 0. The summed E-state index contributed by atoms with van der Waals surface area (Å²) in [6.07, 6.45) is 2.08. The Morgan fingerprint density at radius 3 is 2.43 bits per heavy atom. The van der Waals surface area contributed by atoms with E-state index in [1.165, 1.54) is 0 Å². The normalized spacial score (nSPS) is 12.0. The minimum atomic E-state index is -0.0572. The first kappa shape index (κ1) is 15.5. The summed E-state index contributed by atoms with van der Waals surface area (Å²) in [6.45, 7) is 9.73. The zero-order chi connectivity index (χ0) is 15.6. The van der Waals surface area contributed by atoms with Crippen molar-refractivity contribution >= 4 is 10.9 Å². The Morgan fingerprint density at radius 1 is 1.14 bits per heavy atom. The van der Waals surface area contributed by atoms with Gasteiger partial charge in [-0.2, -0.15) is 0 Å². The van der Waals surface area contributed by atoms with E-state index in [2.05, 4.69) is 27.7 Å². The van der Waals surface area contributed by atoms with E-state index in [-0.39, 0.29) is 11.0 Å². The van der Waals surface area contributed by atoms with Crippen molar-refractivity contribution in [1.29, 1.82) is 5.41 Å². The highest BCUT2D eigenvalue weighted by molar-refractivity contribution is 5.77. The van der Waals surface area contributed by atoms with Crippen molar-refractivity contribution in [3.05, 3.63) is 40.2 Å². The number of hydrogen-bond acceptors (Lipinski definition) is 2. The molecule has 1 aromatic heterocycles. The molecule has 0 aliphatic heterocycles. The fourth-order valence-electron chi connectivity index (χ4n) is 2.55. The van der Waals surface area contributed by atoms with Crippen molar-refractivity contribution in [2.75, 3.05) is 0 Å². The molecule has 0 spiro atoms. The van der Waals surface area contributed by atoms with Crippen molar-refractivity contribution in [3.8, 4) is 0 Å². The van der Waals surface area contributed by atoms with Crippen LogP contribution < -0.4 is 11.2 Å². The molecule has 0 saturated carbocycles. The van der Waals surface area contributed by atoms with Crippen LogP contribution in [0.15, 0.2) is 29.1 Å². The van der Waals surface area contributed by atoms with Crippen LogP contribution in [0.25, 0.3) is 10.9 Å². The number of rotatable bonds is 4. The molecule has 0 aliphatic carbocycles. The van der Waals surface area contributed by atoms with Crippen LogP contribution in [0, 0.1) is 10.8 Å². The van der Waals surface area contributed by atoms with Crippen LogP contribution in [0.3, 0.4) is 0 Å². The number of nitrogens with zero attached hydrogens (tertiary/aromatic N) is 2. The number of para-hydroxylation sites is 1. The summed E-state index contributed by atoms with van der Waals surface area (Å²) >= 11 is 0. The van der Waals surface area contributed by atoms with Gasteiger partial charge >= 0.3 is 0 Å². The molecule has 0 saturated heterocycles. The standard InChI is InChI=1S/C17H25N3O/c1-5-6-11-19-14-10-8-7-9-13(14)15(21)20(16(19)18)12-17(2,3)4/h7-10,18H,5-6,11-12H2,1-4H3. The molecule has 4 heteroatoms. The van der Waals surface area contributed by atoms with Crippen LogP contribution >= 0.6 is 0 Å². The number of aryl methyl sites for hydroxylation is 1. The lowest BCUT2D eigenvalue weighted by atomic mass is 9.97. The first-order chi connectivity index (χ1) is 9.85.